The van der Waals surface area contributed by atoms with E-state index >= 15 is 0 Å². The predicted molar refractivity (Wildman–Crippen MR) is 113 cm³/mol. The summed E-state index contributed by atoms with van der Waals surface area (Å²) in [6.45, 7) is 10.7. The molecule has 0 spiro atoms. The molecule has 1 aromatic heterocycles. The molecule has 1 amide bonds. The SMILES string of the molecule is CCCN1C(=O)C(=O)/C(=C(/O)c2cc(C(C)(C)C)ccc2C)C1c1cccs1. The van der Waals surface area contributed by atoms with Crippen LogP contribution in [0.25, 0.3) is 5.76 Å². The molecule has 2 heterocycles. The summed E-state index contributed by atoms with van der Waals surface area (Å²) >= 11 is 1.49. The number of hydrogen-bond acceptors (Lipinski definition) is 4. The van der Waals surface area contributed by atoms with Gasteiger partial charge in [0, 0.05) is 17.0 Å². The molecule has 3 rings (SSSR count). The third-order valence-corrected chi connectivity index (χ3v) is 6.10. The summed E-state index contributed by atoms with van der Waals surface area (Å²) in [6.07, 6.45) is 0.744. The van der Waals surface area contributed by atoms with Gasteiger partial charge in [-0.2, -0.15) is 0 Å². The molecule has 1 unspecified atom stereocenters. The van der Waals surface area contributed by atoms with Gasteiger partial charge in [0.05, 0.1) is 11.6 Å². The second kappa shape index (κ2) is 7.55. The first-order valence-corrected chi connectivity index (χ1v) is 10.5. The summed E-state index contributed by atoms with van der Waals surface area (Å²) < 4.78 is 0. The van der Waals surface area contributed by atoms with Gasteiger partial charge in [0.15, 0.2) is 0 Å². The van der Waals surface area contributed by atoms with Crippen LogP contribution in [0, 0.1) is 6.92 Å². The van der Waals surface area contributed by atoms with Crippen LogP contribution in [0.2, 0.25) is 0 Å². The van der Waals surface area contributed by atoms with Gasteiger partial charge in [-0.25, -0.2) is 0 Å². The van der Waals surface area contributed by atoms with Crippen molar-refractivity contribution in [1.82, 2.24) is 4.90 Å². The molecule has 1 aliphatic heterocycles. The normalized spacial score (nSPS) is 19.5. The van der Waals surface area contributed by atoms with Crippen LogP contribution in [0.4, 0.5) is 0 Å². The van der Waals surface area contributed by atoms with E-state index in [1.807, 2.05) is 49.6 Å². The smallest absolute Gasteiger partial charge is 0.295 e. The summed E-state index contributed by atoms with van der Waals surface area (Å²) in [7, 11) is 0. The number of aryl methyl sites for hydroxylation is 1. The Labute approximate surface area is 170 Å². The fourth-order valence-corrected chi connectivity index (χ4v) is 4.43. The van der Waals surface area contributed by atoms with Gasteiger partial charge in [-0.05, 0) is 47.4 Å². The molecule has 0 aliphatic carbocycles. The molecule has 0 saturated carbocycles. The van der Waals surface area contributed by atoms with Crippen molar-refractivity contribution in [3.05, 3.63) is 62.9 Å². The first kappa shape index (κ1) is 20.3. The Kier molecular flexibility index (Phi) is 5.48. The van der Waals surface area contributed by atoms with Crippen molar-refractivity contribution < 1.29 is 14.7 Å². The van der Waals surface area contributed by atoms with E-state index in [1.54, 1.807) is 4.90 Å². The Morgan fingerprint density at radius 3 is 2.50 bits per heavy atom. The highest BCUT2D eigenvalue weighted by Gasteiger charge is 2.46. The van der Waals surface area contributed by atoms with E-state index in [4.69, 9.17) is 0 Å². The highest BCUT2D eigenvalue weighted by molar-refractivity contribution is 7.10. The molecule has 5 heteroatoms. The molecule has 4 nitrogen and oxygen atoms in total. The molecule has 28 heavy (non-hydrogen) atoms. The van der Waals surface area contributed by atoms with Crippen LogP contribution in [0.1, 0.15) is 61.7 Å². The van der Waals surface area contributed by atoms with Gasteiger partial charge in [0.25, 0.3) is 11.7 Å². The van der Waals surface area contributed by atoms with Crippen molar-refractivity contribution in [2.45, 2.75) is 52.5 Å². The van der Waals surface area contributed by atoms with Crippen molar-refractivity contribution >= 4 is 28.8 Å². The quantitative estimate of drug-likeness (QED) is 0.439. The number of nitrogens with zero attached hydrogens (tertiary/aromatic N) is 1. The zero-order chi connectivity index (χ0) is 20.6. The Bertz CT molecular complexity index is 935. The van der Waals surface area contributed by atoms with Gasteiger partial charge in [0.1, 0.15) is 5.76 Å². The third kappa shape index (κ3) is 3.51. The van der Waals surface area contributed by atoms with Gasteiger partial charge in [0.2, 0.25) is 0 Å². The molecule has 1 N–H and O–H groups in total. The van der Waals surface area contributed by atoms with Crippen LogP contribution in [-0.2, 0) is 15.0 Å². The molecule has 1 saturated heterocycles. The summed E-state index contributed by atoms with van der Waals surface area (Å²) in [5.41, 5.74) is 2.65. The molecule has 1 aromatic carbocycles. The molecular formula is C23H27NO3S. The number of Topliss-reactive ketones (excluding diaryl/α,β-unsaturated/α-hetero) is 1. The number of likely N-dealkylation sites (tertiary alicyclic amines) is 1. The topological polar surface area (TPSA) is 57.6 Å². The average Bonchev–Trinajstić information content (AvgIpc) is 3.23. The fraction of sp³-hybridized carbons (Fsp3) is 0.391. The van der Waals surface area contributed by atoms with Crippen LogP contribution in [-0.4, -0.2) is 28.2 Å². The average molecular weight is 398 g/mol. The third-order valence-electron chi connectivity index (χ3n) is 5.18. The standard InChI is InChI=1S/C23H27NO3S/c1-6-11-24-19(17-8-7-12-28-17)18(21(26)22(24)27)20(25)16-13-15(23(3,4)5)10-9-14(16)2/h7-10,12-13,19,25H,6,11H2,1-5H3/b20-18+. The monoisotopic (exact) mass is 397 g/mol. The van der Waals surface area contributed by atoms with Crippen molar-refractivity contribution in [2.75, 3.05) is 6.54 Å². The van der Waals surface area contributed by atoms with Crippen molar-refractivity contribution in [1.29, 1.82) is 0 Å². The first-order chi connectivity index (χ1) is 13.2. The number of thiophene rings is 1. The minimum Gasteiger partial charge on any atom is -0.507 e. The molecule has 148 valence electrons. The summed E-state index contributed by atoms with van der Waals surface area (Å²) in [6, 6.07) is 9.21. The number of aliphatic hydroxyl groups excluding tert-OH is 1. The van der Waals surface area contributed by atoms with Gasteiger partial charge >= 0.3 is 0 Å². The van der Waals surface area contributed by atoms with Crippen molar-refractivity contribution in [3.8, 4) is 0 Å². The summed E-state index contributed by atoms with van der Waals surface area (Å²) in [5.74, 6) is -1.23. The van der Waals surface area contributed by atoms with E-state index in [1.165, 1.54) is 11.3 Å². The predicted octanol–water partition coefficient (Wildman–Crippen LogP) is 5.19. The number of rotatable bonds is 4. The van der Waals surface area contributed by atoms with Crippen LogP contribution < -0.4 is 0 Å². The number of carbonyl (C=O) groups is 2. The number of ketones is 1. The zero-order valence-electron chi connectivity index (χ0n) is 17.1. The highest BCUT2D eigenvalue weighted by Crippen LogP contribution is 2.41. The Morgan fingerprint density at radius 2 is 1.93 bits per heavy atom. The second-order valence-corrected chi connectivity index (χ2v) is 9.27. The molecule has 1 atom stereocenters. The van der Waals surface area contributed by atoms with Crippen LogP contribution >= 0.6 is 11.3 Å². The van der Waals surface area contributed by atoms with Gasteiger partial charge < -0.3 is 10.0 Å². The van der Waals surface area contributed by atoms with Crippen molar-refractivity contribution in [3.63, 3.8) is 0 Å². The van der Waals surface area contributed by atoms with Crippen LogP contribution in [0.3, 0.4) is 0 Å². The largest absolute Gasteiger partial charge is 0.507 e. The summed E-state index contributed by atoms with van der Waals surface area (Å²) in [4.78, 5) is 28.1. The highest BCUT2D eigenvalue weighted by atomic mass is 32.1. The lowest BCUT2D eigenvalue weighted by atomic mass is 9.84. The van der Waals surface area contributed by atoms with E-state index < -0.39 is 17.7 Å². The van der Waals surface area contributed by atoms with E-state index in [0.717, 1.165) is 22.4 Å². The number of aliphatic hydroxyl groups is 1. The molecule has 2 aromatic rings. The van der Waals surface area contributed by atoms with Gasteiger partial charge in [-0.15, -0.1) is 11.3 Å². The van der Waals surface area contributed by atoms with Crippen LogP contribution in [0.15, 0.2) is 41.3 Å². The fourth-order valence-electron chi connectivity index (χ4n) is 3.58. The maximum Gasteiger partial charge on any atom is 0.295 e. The maximum absolute atomic E-state index is 12.9. The molecule has 0 radical (unpaired) electrons. The zero-order valence-corrected chi connectivity index (χ0v) is 17.9. The number of amides is 1. The Balaban J connectivity index is 2.22. The lowest BCUT2D eigenvalue weighted by Crippen LogP contribution is -2.30. The van der Waals surface area contributed by atoms with Gasteiger partial charge in [-0.3, -0.25) is 9.59 Å². The Hall–Kier alpha value is -2.40. The summed E-state index contributed by atoms with van der Waals surface area (Å²) in [5, 5.41) is 13.1. The lowest BCUT2D eigenvalue weighted by molar-refractivity contribution is -0.139. The first-order valence-electron chi connectivity index (χ1n) is 9.60. The number of benzene rings is 1. The number of carbonyl (C=O) groups excluding carboxylic acids is 2. The maximum atomic E-state index is 12.9. The molecular weight excluding hydrogens is 370 g/mol. The van der Waals surface area contributed by atoms with Crippen molar-refractivity contribution in [2.24, 2.45) is 0 Å². The Morgan fingerprint density at radius 1 is 1.21 bits per heavy atom. The van der Waals surface area contributed by atoms with E-state index in [0.29, 0.717) is 12.1 Å². The minimum absolute atomic E-state index is 0.0843. The second-order valence-electron chi connectivity index (χ2n) is 8.29. The lowest BCUT2D eigenvalue weighted by Gasteiger charge is -2.24. The molecule has 1 aliphatic rings. The van der Waals surface area contributed by atoms with E-state index in [2.05, 4.69) is 20.8 Å². The minimum atomic E-state index is -0.607. The van der Waals surface area contributed by atoms with E-state index in [-0.39, 0.29) is 16.7 Å². The van der Waals surface area contributed by atoms with E-state index in [9.17, 15) is 14.7 Å². The van der Waals surface area contributed by atoms with Gasteiger partial charge in [-0.1, -0.05) is 45.9 Å². The number of hydrogen-bond donors (Lipinski definition) is 1. The molecule has 0 bridgehead atoms. The van der Waals surface area contributed by atoms with Crippen LogP contribution in [0.5, 0.6) is 0 Å². The molecule has 1 fully saturated rings.